The number of sulfonamides is 1. The van der Waals surface area contributed by atoms with Crippen LogP contribution >= 0.6 is 0 Å². The molecule has 34 heavy (non-hydrogen) atoms. The van der Waals surface area contributed by atoms with Gasteiger partial charge in [0.05, 0.1) is 17.5 Å². The number of hydrogen-bond donors (Lipinski definition) is 1. The Bertz CT molecular complexity index is 1490. The van der Waals surface area contributed by atoms with Crippen LogP contribution in [0.1, 0.15) is 28.4 Å². The van der Waals surface area contributed by atoms with Crippen molar-refractivity contribution >= 4 is 26.7 Å². The molecule has 4 rings (SSSR count). The van der Waals surface area contributed by atoms with Crippen molar-refractivity contribution in [3.8, 4) is 5.75 Å². The normalized spacial score (nSPS) is 11.6. The molecule has 0 spiro atoms. The van der Waals surface area contributed by atoms with Crippen molar-refractivity contribution in [2.45, 2.75) is 24.9 Å². The Hall–Kier alpha value is -3.75. The average molecular weight is 477 g/mol. The first-order valence-electron chi connectivity index (χ1n) is 10.6. The van der Waals surface area contributed by atoms with E-state index in [0.717, 1.165) is 10.9 Å². The number of methoxy groups -OCH3 is 1. The number of ketones is 1. The summed E-state index contributed by atoms with van der Waals surface area (Å²) in [6, 6.07) is 22.0. The number of nitrogens with one attached hydrogen (secondary N) is 1. The predicted octanol–water partition coefficient (Wildman–Crippen LogP) is 4.13. The van der Waals surface area contributed by atoms with E-state index in [0.29, 0.717) is 22.4 Å². The third-order valence-electron chi connectivity index (χ3n) is 5.58. The lowest BCUT2D eigenvalue weighted by atomic mass is 10.1. The molecule has 0 radical (unpaired) electrons. The summed E-state index contributed by atoms with van der Waals surface area (Å²) in [5.41, 5.74) is 1.76. The highest BCUT2D eigenvalue weighted by Gasteiger charge is 2.26. The molecule has 8 heteroatoms. The highest BCUT2D eigenvalue weighted by atomic mass is 32.2. The van der Waals surface area contributed by atoms with Gasteiger partial charge in [0.1, 0.15) is 5.75 Å². The molecule has 0 aliphatic rings. The quantitative estimate of drug-likeness (QED) is 0.386. The van der Waals surface area contributed by atoms with Crippen molar-refractivity contribution in [1.29, 1.82) is 0 Å². The molecule has 1 N–H and O–H groups in total. The number of H-pyrrole nitrogens is 1. The van der Waals surface area contributed by atoms with Crippen LogP contribution in [0.5, 0.6) is 5.75 Å². The Labute approximate surface area is 197 Å². The number of pyridine rings is 1. The van der Waals surface area contributed by atoms with Crippen molar-refractivity contribution in [3.05, 3.63) is 106 Å². The number of rotatable bonds is 8. The minimum Gasteiger partial charge on any atom is -0.497 e. The second kappa shape index (κ2) is 9.62. The van der Waals surface area contributed by atoms with E-state index >= 15 is 0 Å². The van der Waals surface area contributed by atoms with Crippen LogP contribution in [0.3, 0.4) is 0 Å². The fourth-order valence-electron chi connectivity index (χ4n) is 3.68. The van der Waals surface area contributed by atoms with Crippen molar-refractivity contribution in [2.24, 2.45) is 0 Å². The Morgan fingerprint density at radius 1 is 0.941 bits per heavy atom. The smallest absolute Gasteiger partial charge is 0.252 e. The van der Waals surface area contributed by atoms with Gasteiger partial charge in [0.25, 0.3) is 5.56 Å². The predicted molar refractivity (Wildman–Crippen MR) is 130 cm³/mol. The molecule has 3 aromatic carbocycles. The Morgan fingerprint density at radius 2 is 1.65 bits per heavy atom. The van der Waals surface area contributed by atoms with Gasteiger partial charge in [0.2, 0.25) is 10.0 Å². The van der Waals surface area contributed by atoms with Crippen LogP contribution in [-0.2, 0) is 23.1 Å². The van der Waals surface area contributed by atoms with Crippen molar-refractivity contribution in [1.82, 2.24) is 9.29 Å². The lowest BCUT2D eigenvalue weighted by molar-refractivity contribution is 0.101. The summed E-state index contributed by atoms with van der Waals surface area (Å²) >= 11 is 0. The number of carbonyl (C=O) groups excluding carboxylic acids is 1. The van der Waals surface area contributed by atoms with Crippen LogP contribution in [0.2, 0.25) is 0 Å². The maximum atomic E-state index is 13.6. The number of hydrogen-bond acceptors (Lipinski definition) is 5. The highest BCUT2D eigenvalue weighted by Crippen LogP contribution is 2.23. The van der Waals surface area contributed by atoms with Crippen molar-refractivity contribution in [2.75, 3.05) is 7.11 Å². The van der Waals surface area contributed by atoms with E-state index in [1.807, 2.05) is 36.4 Å². The first-order chi connectivity index (χ1) is 16.3. The van der Waals surface area contributed by atoms with E-state index in [1.165, 1.54) is 35.5 Å². The maximum Gasteiger partial charge on any atom is 0.252 e. The molecule has 0 fully saturated rings. The van der Waals surface area contributed by atoms with Gasteiger partial charge in [0, 0.05) is 30.3 Å². The molecule has 0 bridgehead atoms. The molecule has 7 nitrogen and oxygen atoms in total. The topological polar surface area (TPSA) is 96.5 Å². The summed E-state index contributed by atoms with van der Waals surface area (Å²) in [7, 11) is -2.43. The number of aromatic amines is 1. The van der Waals surface area contributed by atoms with Crippen LogP contribution in [0.4, 0.5) is 0 Å². The molecule has 0 amide bonds. The zero-order valence-corrected chi connectivity index (χ0v) is 19.6. The van der Waals surface area contributed by atoms with Gasteiger partial charge in [-0.05, 0) is 48.2 Å². The summed E-state index contributed by atoms with van der Waals surface area (Å²) < 4.78 is 33.7. The van der Waals surface area contributed by atoms with Crippen LogP contribution in [0, 0.1) is 0 Å². The van der Waals surface area contributed by atoms with E-state index in [-0.39, 0.29) is 29.3 Å². The average Bonchev–Trinajstić information content (AvgIpc) is 2.84. The molecule has 174 valence electrons. The number of carbonyl (C=O) groups is 1. The second-order valence-electron chi connectivity index (χ2n) is 7.92. The van der Waals surface area contributed by atoms with Crippen LogP contribution in [-0.4, -0.2) is 30.6 Å². The van der Waals surface area contributed by atoms with Gasteiger partial charge in [-0.15, -0.1) is 0 Å². The van der Waals surface area contributed by atoms with Gasteiger partial charge in [0.15, 0.2) is 5.78 Å². The number of fused-ring (bicyclic) bond motifs is 1. The fourth-order valence-corrected chi connectivity index (χ4v) is 5.09. The lowest BCUT2D eigenvalue weighted by Gasteiger charge is -2.22. The summed E-state index contributed by atoms with van der Waals surface area (Å²) in [6.07, 6.45) is 0. The standard InChI is InChI=1S/C26H24N2O5S/c1-18(29)20-9-12-24(13-10-20)34(31,32)28(16-19-6-4-3-5-7-19)17-22-14-21-8-11-23(33-2)15-25(21)27-26(22)30/h3-15H,16-17H2,1-2H3,(H,27,30). The summed E-state index contributed by atoms with van der Waals surface area (Å²) in [5.74, 6) is 0.461. The fraction of sp³-hybridized carbons (Fsp3) is 0.154. The molecule has 4 aromatic rings. The highest BCUT2D eigenvalue weighted by molar-refractivity contribution is 7.89. The number of ether oxygens (including phenoxy) is 1. The monoisotopic (exact) mass is 476 g/mol. The first-order valence-corrected chi connectivity index (χ1v) is 12.1. The van der Waals surface area contributed by atoms with Crippen molar-refractivity contribution < 1.29 is 17.9 Å². The maximum absolute atomic E-state index is 13.6. The Kier molecular flexibility index (Phi) is 6.63. The molecule has 1 heterocycles. The molecule has 1 aromatic heterocycles. The third kappa shape index (κ3) is 4.93. The Morgan fingerprint density at radius 3 is 2.29 bits per heavy atom. The van der Waals surface area contributed by atoms with Gasteiger partial charge in [-0.3, -0.25) is 9.59 Å². The molecule has 0 aliphatic carbocycles. The zero-order valence-electron chi connectivity index (χ0n) is 18.8. The number of benzene rings is 3. The minimum atomic E-state index is -3.97. The minimum absolute atomic E-state index is 0.0513. The van der Waals surface area contributed by atoms with Gasteiger partial charge in [-0.25, -0.2) is 8.42 Å². The molecular weight excluding hydrogens is 452 g/mol. The molecule has 0 unspecified atom stereocenters. The lowest BCUT2D eigenvalue weighted by Crippen LogP contribution is -2.32. The summed E-state index contributed by atoms with van der Waals surface area (Å²) in [4.78, 5) is 27.3. The van der Waals surface area contributed by atoms with Crippen LogP contribution in [0.15, 0.2) is 88.6 Å². The summed E-state index contributed by atoms with van der Waals surface area (Å²) in [6.45, 7) is 1.38. The molecule has 0 saturated heterocycles. The molecule has 0 atom stereocenters. The van der Waals surface area contributed by atoms with E-state index in [2.05, 4.69) is 4.98 Å². The molecule has 0 saturated carbocycles. The van der Waals surface area contributed by atoms with E-state index in [1.54, 1.807) is 25.3 Å². The number of Topliss-reactive ketones (excluding diaryl/α,β-unsaturated/α-hetero) is 1. The Balaban J connectivity index is 1.75. The van der Waals surface area contributed by atoms with Crippen LogP contribution in [0.25, 0.3) is 10.9 Å². The van der Waals surface area contributed by atoms with Crippen molar-refractivity contribution in [3.63, 3.8) is 0 Å². The van der Waals surface area contributed by atoms with E-state index < -0.39 is 10.0 Å². The third-order valence-corrected chi connectivity index (χ3v) is 7.38. The van der Waals surface area contributed by atoms with Crippen LogP contribution < -0.4 is 10.3 Å². The van der Waals surface area contributed by atoms with Gasteiger partial charge < -0.3 is 9.72 Å². The summed E-state index contributed by atoms with van der Waals surface area (Å²) in [5, 5.41) is 0.762. The largest absolute Gasteiger partial charge is 0.497 e. The molecular formula is C26H24N2O5S. The number of aromatic nitrogens is 1. The molecule has 0 aliphatic heterocycles. The number of nitrogens with zero attached hydrogens (tertiary/aromatic N) is 1. The zero-order chi connectivity index (χ0) is 24.3. The van der Waals surface area contributed by atoms with E-state index in [9.17, 15) is 18.0 Å². The van der Waals surface area contributed by atoms with Gasteiger partial charge in [-0.1, -0.05) is 42.5 Å². The second-order valence-corrected chi connectivity index (χ2v) is 9.85. The van der Waals surface area contributed by atoms with Gasteiger partial charge in [-0.2, -0.15) is 4.31 Å². The van der Waals surface area contributed by atoms with Gasteiger partial charge >= 0.3 is 0 Å². The van der Waals surface area contributed by atoms with E-state index in [4.69, 9.17) is 4.74 Å². The first kappa shape index (κ1) is 23.4. The SMILES string of the molecule is COc1ccc2cc(CN(Cc3ccccc3)S(=O)(=O)c3ccc(C(C)=O)cc3)c(=O)[nH]c2c1.